The zero-order valence-corrected chi connectivity index (χ0v) is 20.5. The summed E-state index contributed by atoms with van der Waals surface area (Å²) in [7, 11) is 0. The number of nitro benzene ring substituents is 1. The second-order valence-corrected chi connectivity index (χ2v) is 8.72. The van der Waals surface area contributed by atoms with E-state index in [2.05, 4.69) is 0 Å². The van der Waals surface area contributed by atoms with E-state index in [1.54, 1.807) is 13.0 Å². The van der Waals surface area contributed by atoms with E-state index in [1.807, 2.05) is 78.9 Å². The number of nitro groups is 1. The number of aromatic nitrogens is 1. The number of pyridine rings is 1. The van der Waals surface area contributed by atoms with Gasteiger partial charge >= 0.3 is 5.97 Å². The highest BCUT2D eigenvalue weighted by Gasteiger charge is 2.25. The molecule has 0 aliphatic heterocycles. The van der Waals surface area contributed by atoms with E-state index in [0.717, 1.165) is 11.1 Å². The zero-order chi connectivity index (χ0) is 26.6. The van der Waals surface area contributed by atoms with Crippen molar-refractivity contribution >= 4 is 28.3 Å². The van der Waals surface area contributed by atoms with Gasteiger partial charge in [-0.3, -0.25) is 14.9 Å². The number of para-hydroxylation sites is 1. The van der Waals surface area contributed by atoms with Crippen LogP contribution in [0.15, 0.2) is 103 Å². The molecule has 0 atom stereocenters. The lowest BCUT2D eigenvalue weighted by molar-refractivity contribution is -0.385. The highest BCUT2D eigenvalue weighted by atomic mass is 16.6. The highest BCUT2D eigenvalue weighted by molar-refractivity contribution is 6.13. The number of carbonyl (C=O) groups excluding carboxylic acids is 2. The lowest BCUT2D eigenvalue weighted by atomic mass is 9.91. The molecule has 0 saturated carbocycles. The molecule has 0 aliphatic rings. The molecule has 0 aliphatic carbocycles. The molecule has 0 spiro atoms. The summed E-state index contributed by atoms with van der Waals surface area (Å²) in [6, 6.07) is 30.5. The molecule has 5 aromatic rings. The number of hydrogen-bond donors (Lipinski definition) is 0. The van der Waals surface area contributed by atoms with Gasteiger partial charge in [0.15, 0.2) is 6.61 Å². The Balaban J connectivity index is 1.60. The van der Waals surface area contributed by atoms with Crippen molar-refractivity contribution in [2.75, 3.05) is 6.61 Å². The van der Waals surface area contributed by atoms with Crippen LogP contribution < -0.4 is 0 Å². The SMILES string of the molecule is Cc1ccc(C(=O)COC(=O)c2c(-c3ccccc3)c(-c3ccccc3)nc3ccccc23)cc1[N+](=O)[O-]. The molecular weight excluding hydrogens is 480 g/mol. The molecular formula is C31H22N2O5. The van der Waals surface area contributed by atoms with Crippen LogP contribution in [-0.2, 0) is 4.74 Å². The summed E-state index contributed by atoms with van der Waals surface area (Å²) in [6.07, 6.45) is 0. The standard InChI is InChI=1S/C31H22N2O5/c1-20-16-17-23(18-26(20)33(36)37)27(34)19-38-31(35)29-24-14-8-9-15-25(24)32-30(22-12-6-3-7-13-22)28(29)21-10-4-2-5-11-21/h2-18H,19H2,1H3. The van der Waals surface area contributed by atoms with Crippen LogP contribution in [0.1, 0.15) is 26.3 Å². The number of carbonyl (C=O) groups is 2. The number of rotatable bonds is 7. The molecule has 5 rings (SSSR count). The van der Waals surface area contributed by atoms with Gasteiger partial charge in [-0.2, -0.15) is 0 Å². The van der Waals surface area contributed by atoms with E-state index in [9.17, 15) is 19.7 Å². The number of ketones is 1. The number of Topliss-reactive ketones (excluding diaryl/α,β-unsaturated/α-hetero) is 1. The van der Waals surface area contributed by atoms with Crippen molar-refractivity contribution in [2.24, 2.45) is 0 Å². The summed E-state index contributed by atoms with van der Waals surface area (Å²) < 4.78 is 5.55. The number of esters is 1. The van der Waals surface area contributed by atoms with E-state index in [0.29, 0.717) is 33.3 Å². The average molecular weight is 503 g/mol. The maximum absolute atomic E-state index is 13.7. The second kappa shape index (κ2) is 10.4. The molecule has 38 heavy (non-hydrogen) atoms. The van der Waals surface area contributed by atoms with Crippen molar-refractivity contribution in [1.82, 2.24) is 4.98 Å². The lowest BCUT2D eigenvalue weighted by Crippen LogP contribution is -2.16. The van der Waals surface area contributed by atoms with Gasteiger partial charge in [0, 0.05) is 33.7 Å². The third-order valence-corrected chi connectivity index (χ3v) is 6.27. The Bertz CT molecular complexity index is 1680. The summed E-state index contributed by atoms with van der Waals surface area (Å²) in [5.41, 5.74) is 4.09. The van der Waals surface area contributed by atoms with Crippen molar-refractivity contribution in [3.05, 3.63) is 130 Å². The molecule has 1 heterocycles. The number of benzene rings is 4. The van der Waals surface area contributed by atoms with Crippen LogP contribution in [0.4, 0.5) is 5.69 Å². The summed E-state index contributed by atoms with van der Waals surface area (Å²) in [5, 5.41) is 11.9. The molecule has 0 bridgehead atoms. The first-order valence-corrected chi connectivity index (χ1v) is 11.9. The van der Waals surface area contributed by atoms with E-state index in [4.69, 9.17) is 9.72 Å². The highest BCUT2D eigenvalue weighted by Crippen LogP contribution is 2.38. The first-order chi connectivity index (χ1) is 18.4. The first-order valence-electron chi connectivity index (χ1n) is 11.9. The van der Waals surface area contributed by atoms with Crippen LogP contribution in [0.2, 0.25) is 0 Å². The molecule has 0 N–H and O–H groups in total. The quantitative estimate of drug-likeness (QED) is 0.105. The van der Waals surface area contributed by atoms with Crippen molar-refractivity contribution in [3.8, 4) is 22.4 Å². The number of hydrogen-bond acceptors (Lipinski definition) is 6. The van der Waals surface area contributed by atoms with Crippen molar-refractivity contribution in [1.29, 1.82) is 0 Å². The van der Waals surface area contributed by atoms with Gasteiger partial charge in [-0.05, 0) is 18.6 Å². The van der Waals surface area contributed by atoms with E-state index >= 15 is 0 Å². The number of aryl methyl sites for hydroxylation is 1. The topological polar surface area (TPSA) is 99.4 Å². The maximum Gasteiger partial charge on any atom is 0.339 e. The largest absolute Gasteiger partial charge is 0.454 e. The number of ether oxygens (including phenoxy) is 1. The Labute approximate surface area is 218 Å². The molecule has 0 fully saturated rings. The minimum Gasteiger partial charge on any atom is -0.454 e. The number of nitrogens with zero attached hydrogens (tertiary/aromatic N) is 2. The minimum atomic E-state index is -0.686. The fourth-order valence-corrected chi connectivity index (χ4v) is 4.38. The van der Waals surface area contributed by atoms with Gasteiger partial charge in [-0.25, -0.2) is 9.78 Å². The van der Waals surface area contributed by atoms with Gasteiger partial charge in [-0.1, -0.05) is 91.0 Å². The summed E-state index contributed by atoms with van der Waals surface area (Å²) in [4.78, 5) is 42.2. The molecule has 4 aromatic carbocycles. The Kier molecular flexibility index (Phi) is 6.74. The smallest absolute Gasteiger partial charge is 0.339 e. The minimum absolute atomic E-state index is 0.0999. The summed E-state index contributed by atoms with van der Waals surface area (Å²) in [6.45, 7) is 1.03. The van der Waals surface area contributed by atoms with Crippen LogP contribution in [-0.4, -0.2) is 28.3 Å². The average Bonchev–Trinajstić information content (AvgIpc) is 2.95. The maximum atomic E-state index is 13.7. The van der Waals surface area contributed by atoms with Gasteiger partial charge in [-0.15, -0.1) is 0 Å². The van der Waals surface area contributed by atoms with Crippen LogP contribution in [0.25, 0.3) is 33.3 Å². The molecule has 0 saturated heterocycles. The Hall–Kier alpha value is -5.17. The molecule has 7 nitrogen and oxygen atoms in total. The molecule has 0 amide bonds. The van der Waals surface area contributed by atoms with E-state index in [1.165, 1.54) is 18.2 Å². The lowest BCUT2D eigenvalue weighted by Gasteiger charge is -2.17. The fraction of sp³-hybridized carbons (Fsp3) is 0.0645. The number of fused-ring (bicyclic) bond motifs is 1. The van der Waals surface area contributed by atoms with Crippen molar-refractivity contribution in [2.45, 2.75) is 6.92 Å². The normalized spacial score (nSPS) is 10.8. The summed E-state index contributed by atoms with van der Waals surface area (Å²) in [5.74, 6) is -1.22. The van der Waals surface area contributed by atoms with Crippen LogP contribution in [0.3, 0.4) is 0 Å². The molecule has 0 unspecified atom stereocenters. The molecule has 0 radical (unpaired) electrons. The van der Waals surface area contributed by atoms with Crippen molar-refractivity contribution in [3.63, 3.8) is 0 Å². The molecule has 7 heteroatoms. The zero-order valence-electron chi connectivity index (χ0n) is 20.5. The Morgan fingerprint density at radius 3 is 2.16 bits per heavy atom. The van der Waals surface area contributed by atoms with Gasteiger partial charge < -0.3 is 4.74 Å². The third-order valence-electron chi connectivity index (χ3n) is 6.27. The molecule has 1 aromatic heterocycles. The second-order valence-electron chi connectivity index (χ2n) is 8.72. The predicted molar refractivity (Wildman–Crippen MR) is 145 cm³/mol. The molecule has 186 valence electrons. The Morgan fingerprint density at radius 1 is 0.842 bits per heavy atom. The van der Waals surface area contributed by atoms with Gasteiger partial charge in [0.25, 0.3) is 5.69 Å². The van der Waals surface area contributed by atoms with Gasteiger partial charge in [0.05, 0.1) is 21.7 Å². The van der Waals surface area contributed by atoms with Crippen LogP contribution in [0, 0.1) is 17.0 Å². The van der Waals surface area contributed by atoms with E-state index in [-0.39, 0.29) is 11.3 Å². The van der Waals surface area contributed by atoms with Gasteiger partial charge in [0.1, 0.15) is 0 Å². The summed E-state index contributed by atoms with van der Waals surface area (Å²) >= 11 is 0. The van der Waals surface area contributed by atoms with E-state index < -0.39 is 23.3 Å². The predicted octanol–water partition coefficient (Wildman–Crippen LogP) is 6.83. The fourth-order valence-electron chi connectivity index (χ4n) is 4.38. The van der Waals surface area contributed by atoms with Crippen LogP contribution in [0.5, 0.6) is 0 Å². The third kappa shape index (κ3) is 4.77. The van der Waals surface area contributed by atoms with Crippen LogP contribution >= 0.6 is 0 Å². The van der Waals surface area contributed by atoms with Crippen molar-refractivity contribution < 1.29 is 19.2 Å². The Morgan fingerprint density at radius 2 is 1.47 bits per heavy atom. The monoisotopic (exact) mass is 502 g/mol. The first kappa shape index (κ1) is 24.5. The van der Waals surface area contributed by atoms with Gasteiger partial charge in [0.2, 0.25) is 5.78 Å².